The number of amides is 1. The molecule has 1 saturated heterocycles. The number of imidazole rings is 1. The topological polar surface area (TPSA) is 73.1 Å². The van der Waals surface area contributed by atoms with Crippen molar-refractivity contribution in [3.63, 3.8) is 0 Å². The van der Waals surface area contributed by atoms with Gasteiger partial charge in [-0.25, -0.2) is 4.98 Å². The fourth-order valence-corrected chi connectivity index (χ4v) is 2.08. The molecule has 0 radical (unpaired) electrons. The van der Waals surface area contributed by atoms with Crippen LogP contribution in [0.5, 0.6) is 0 Å². The van der Waals surface area contributed by atoms with Crippen LogP contribution in [0.1, 0.15) is 12.1 Å². The summed E-state index contributed by atoms with van der Waals surface area (Å²) in [5, 5.41) is 6.27. The van der Waals surface area contributed by atoms with Crippen LogP contribution in [0.25, 0.3) is 0 Å². The Labute approximate surface area is 107 Å². The average Bonchev–Trinajstić information content (AvgIpc) is 2.74. The number of hydrogen-bond acceptors (Lipinski definition) is 4. The van der Waals surface area contributed by atoms with Gasteiger partial charge in [0.05, 0.1) is 12.9 Å². The van der Waals surface area contributed by atoms with E-state index in [9.17, 15) is 4.79 Å². The largest absolute Gasteiger partial charge is 0.355 e. The molecule has 1 aromatic heterocycles. The predicted molar refractivity (Wildman–Crippen MR) is 69.2 cm³/mol. The number of nitrogens with one attached hydrogen (secondary N) is 3. The zero-order chi connectivity index (χ0) is 12.6. The van der Waals surface area contributed by atoms with Crippen molar-refractivity contribution >= 4 is 5.91 Å². The molecule has 1 fully saturated rings. The molecule has 0 aliphatic carbocycles. The molecule has 6 heteroatoms. The maximum Gasteiger partial charge on any atom is 0.234 e. The summed E-state index contributed by atoms with van der Waals surface area (Å²) in [4.78, 5) is 20.9. The van der Waals surface area contributed by atoms with Gasteiger partial charge in [-0.15, -0.1) is 0 Å². The van der Waals surface area contributed by atoms with Crippen LogP contribution in [-0.4, -0.2) is 60.0 Å². The van der Waals surface area contributed by atoms with Crippen LogP contribution < -0.4 is 10.6 Å². The molecular weight excluding hydrogens is 230 g/mol. The minimum atomic E-state index is 0.108. The lowest BCUT2D eigenvalue weighted by Crippen LogP contribution is -2.39. The molecule has 1 aliphatic rings. The average molecular weight is 251 g/mol. The molecule has 6 nitrogen and oxygen atoms in total. The Bertz CT molecular complexity index is 343. The molecule has 0 spiro atoms. The van der Waals surface area contributed by atoms with Crippen molar-refractivity contribution in [1.82, 2.24) is 25.5 Å². The van der Waals surface area contributed by atoms with E-state index in [1.165, 1.54) is 0 Å². The van der Waals surface area contributed by atoms with E-state index in [1.807, 2.05) is 0 Å². The zero-order valence-corrected chi connectivity index (χ0v) is 10.6. The van der Waals surface area contributed by atoms with Crippen LogP contribution in [0.2, 0.25) is 0 Å². The Hall–Kier alpha value is -1.40. The van der Waals surface area contributed by atoms with Gasteiger partial charge in [0.1, 0.15) is 0 Å². The molecule has 1 amide bonds. The first kappa shape index (κ1) is 13.0. The van der Waals surface area contributed by atoms with Crippen molar-refractivity contribution in [3.8, 4) is 0 Å². The lowest BCUT2D eigenvalue weighted by molar-refractivity contribution is -0.122. The highest BCUT2D eigenvalue weighted by atomic mass is 16.2. The standard InChI is InChI=1S/C12H21N5O/c18-12(9-17-6-1-3-13-5-7-17)15-4-2-11-8-14-10-16-11/h8,10,13H,1-7,9H2,(H,14,16)(H,15,18). The molecule has 0 atom stereocenters. The second-order valence-electron chi connectivity index (χ2n) is 4.56. The van der Waals surface area contributed by atoms with Crippen LogP contribution >= 0.6 is 0 Å². The number of H-pyrrole nitrogens is 1. The maximum atomic E-state index is 11.8. The molecular formula is C12H21N5O. The number of carbonyl (C=O) groups excluding carboxylic acids is 1. The second-order valence-corrected chi connectivity index (χ2v) is 4.56. The molecule has 18 heavy (non-hydrogen) atoms. The van der Waals surface area contributed by atoms with Crippen molar-refractivity contribution < 1.29 is 4.79 Å². The van der Waals surface area contributed by atoms with Crippen molar-refractivity contribution in [3.05, 3.63) is 18.2 Å². The van der Waals surface area contributed by atoms with Crippen LogP contribution in [0.4, 0.5) is 0 Å². The summed E-state index contributed by atoms with van der Waals surface area (Å²) in [7, 11) is 0. The van der Waals surface area contributed by atoms with Gasteiger partial charge in [-0.1, -0.05) is 0 Å². The third kappa shape index (κ3) is 4.46. The Balaban J connectivity index is 1.62. The molecule has 0 saturated carbocycles. The number of aromatic amines is 1. The van der Waals surface area contributed by atoms with Gasteiger partial charge in [-0.2, -0.15) is 0 Å². The van der Waals surface area contributed by atoms with E-state index in [0.29, 0.717) is 13.1 Å². The number of aromatic nitrogens is 2. The van der Waals surface area contributed by atoms with Crippen molar-refractivity contribution in [2.75, 3.05) is 39.3 Å². The molecule has 2 heterocycles. The first-order valence-electron chi connectivity index (χ1n) is 6.51. The summed E-state index contributed by atoms with van der Waals surface area (Å²) < 4.78 is 0. The van der Waals surface area contributed by atoms with E-state index in [4.69, 9.17) is 0 Å². The first-order valence-corrected chi connectivity index (χ1v) is 6.51. The first-order chi connectivity index (χ1) is 8.84. The SMILES string of the molecule is O=C(CN1CCCNCC1)NCCc1cnc[nH]1. The van der Waals surface area contributed by atoms with Crippen molar-refractivity contribution in [1.29, 1.82) is 0 Å². The summed E-state index contributed by atoms with van der Waals surface area (Å²) >= 11 is 0. The van der Waals surface area contributed by atoms with Crippen LogP contribution in [0.3, 0.4) is 0 Å². The van der Waals surface area contributed by atoms with E-state index >= 15 is 0 Å². The Morgan fingerprint density at radius 1 is 1.44 bits per heavy atom. The van der Waals surface area contributed by atoms with E-state index in [1.54, 1.807) is 12.5 Å². The van der Waals surface area contributed by atoms with Crippen LogP contribution in [-0.2, 0) is 11.2 Å². The van der Waals surface area contributed by atoms with E-state index < -0.39 is 0 Å². The van der Waals surface area contributed by atoms with E-state index in [2.05, 4.69) is 25.5 Å². The van der Waals surface area contributed by atoms with E-state index in [0.717, 1.165) is 44.7 Å². The van der Waals surface area contributed by atoms with Gasteiger partial charge >= 0.3 is 0 Å². The minimum Gasteiger partial charge on any atom is -0.355 e. The third-order valence-corrected chi connectivity index (χ3v) is 3.07. The number of carbonyl (C=O) groups is 1. The smallest absolute Gasteiger partial charge is 0.234 e. The van der Waals surface area contributed by atoms with Crippen LogP contribution in [0, 0.1) is 0 Å². The summed E-state index contributed by atoms with van der Waals surface area (Å²) in [6.45, 7) is 5.14. The lowest BCUT2D eigenvalue weighted by atomic mass is 10.3. The summed E-state index contributed by atoms with van der Waals surface area (Å²) in [6, 6.07) is 0. The highest BCUT2D eigenvalue weighted by molar-refractivity contribution is 5.78. The van der Waals surface area contributed by atoms with Crippen molar-refractivity contribution in [2.24, 2.45) is 0 Å². The molecule has 0 aromatic carbocycles. The maximum absolute atomic E-state index is 11.8. The quantitative estimate of drug-likeness (QED) is 0.651. The number of rotatable bonds is 5. The fraction of sp³-hybridized carbons (Fsp3) is 0.667. The highest BCUT2D eigenvalue weighted by Gasteiger charge is 2.12. The van der Waals surface area contributed by atoms with Gasteiger partial charge in [0.15, 0.2) is 0 Å². The normalized spacial score (nSPS) is 17.3. The fourth-order valence-electron chi connectivity index (χ4n) is 2.08. The van der Waals surface area contributed by atoms with Crippen molar-refractivity contribution in [2.45, 2.75) is 12.8 Å². The highest BCUT2D eigenvalue weighted by Crippen LogP contribution is 1.95. The summed E-state index contributed by atoms with van der Waals surface area (Å²) in [6.07, 6.45) is 5.35. The molecule has 1 aliphatic heterocycles. The molecule has 0 unspecified atom stereocenters. The molecule has 3 N–H and O–H groups in total. The van der Waals surface area contributed by atoms with Gasteiger partial charge in [-0.05, 0) is 19.5 Å². The van der Waals surface area contributed by atoms with E-state index in [-0.39, 0.29) is 5.91 Å². The predicted octanol–water partition coefficient (Wildman–Crippen LogP) is -0.636. The number of nitrogens with zero attached hydrogens (tertiary/aromatic N) is 2. The van der Waals surface area contributed by atoms with Gasteiger partial charge < -0.3 is 15.6 Å². The Morgan fingerprint density at radius 2 is 2.39 bits per heavy atom. The van der Waals surface area contributed by atoms with Gasteiger partial charge in [-0.3, -0.25) is 9.69 Å². The van der Waals surface area contributed by atoms with Crippen LogP contribution in [0.15, 0.2) is 12.5 Å². The third-order valence-electron chi connectivity index (χ3n) is 3.07. The zero-order valence-electron chi connectivity index (χ0n) is 10.6. The monoisotopic (exact) mass is 251 g/mol. The van der Waals surface area contributed by atoms with Gasteiger partial charge in [0.2, 0.25) is 5.91 Å². The minimum absolute atomic E-state index is 0.108. The molecule has 0 bridgehead atoms. The van der Waals surface area contributed by atoms with Gasteiger partial charge in [0.25, 0.3) is 0 Å². The lowest BCUT2D eigenvalue weighted by Gasteiger charge is -2.18. The summed E-state index contributed by atoms with van der Waals surface area (Å²) in [5.41, 5.74) is 1.05. The molecule has 100 valence electrons. The Kier molecular flexibility index (Phi) is 5.16. The summed E-state index contributed by atoms with van der Waals surface area (Å²) in [5.74, 6) is 0.108. The Morgan fingerprint density at radius 3 is 3.22 bits per heavy atom. The molecule has 2 rings (SSSR count). The number of hydrogen-bond donors (Lipinski definition) is 3. The second kappa shape index (κ2) is 7.13. The molecule has 1 aromatic rings. The van der Waals surface area contributed by atoms with Gasteiger partial charge in [0, 0.05) is 37.9 Å².